The van der Waals surface area contributed by atoms with Crippen molar-refractivity contribution in [1.82, 2.24) is 10.6 Å². The van der Waals surface area contributed by atoms with Crippen LogP contribution in [0.1, 0.15) is 29.0 Å². The number of aliphatic hydroxyl groups excluding tert-OH is 1. The molecule has 2 aromatic rings. The maximum Gasteiger partial charge on any atom is 0.191 e. The van der Waals surface area contributed by atoms with Gasteiger partial charge in [0, 0.05) is 18.0 Å². The average molecular weight is 366 g/mol. The number of halogens is 1. The standard InChI is InChI=1S/C18H24ClN3OS/c1-3-20-18(21-11-10-14-6-4-13(2)5-7-14)22-12-15(23)16-8-9-17(19)24-16/h4-9,15,23H,3,10-12H2,1-2H3,(H2,20,21,22). The van der Waals surface area contributed by atoms with E-state index in [1.807, 2.05) is 13.0 Å². The predicted molar refractivity (Wildman–Crippen MR) is 103 cm³/mol. The van der Waals surface area contributed by atoms with Crippen molar-refractivity contribution in [2.24, 2.45) is 4.99 Å². The lowest BCUT2D eigenvalue weighted by Gasteiger charge is -2.12. The molecule has 2 rings (SSSR count). The number of hydrogen-bond acceptors (Lipinski definition) is 3. The van der Waals surface area contributed by atoms with Crippen LogP contribution < -0.4 is 10.6 Å². The summed E-state index contributed by atoms with van der Waals surface area (Å²) in [5.74, 6) is 0.714. The first-order valence-electron chi connectivity index (χ1n) is 8.09. The first-order chi connectivity index (χ1) is 11.6. The van der Waals surface area contributed by atoms with Crippen molar-refractivity contribution >= 4 is 28.9 Å². The fourth-order valence-electron chi connectivity index (χ4n) is 2.20. The van der Waals surface area contributed by atoms with Crippen LogP contribution in [0.5, 0.6) is 0 Å². The van der Waals surface area contributed by atoms with Gasteiger partial charge >= 0.3 is 0 Å². The van der Waals surface area contributed by atoms with E-state index in [1.54, 1.807) is 6.07 Å². The van der Waals surface area contributed by atoms with E-state index in [0.29, 0.717) is 16.8 Å². The van der Waals surface area contributed by atoms with E-state index in [2.05, 4.69) is 46.8 Å². The lowest BCUT2D eigenvalue weighted by Crippen LogP contribution is -2.38. The fourth-order valence-corrected chi connectivity index (χ4v) is 3.23. The number of thiophene rings is 1. The Balaban J connectivity index is 1.84. The maximum absolute atomic E-state index is 10.2. The third-order valence-corrected chi connectivity index (χ3v) is 4.85. The summed E-state index contributed by atoms with van der Waals surface area (Å²) in [6.45, 7) is 5.97. The highest BCUT2D eigenvalue weighted by molar-refractivity contribution is 7.16. The van der Waals surface area contributed by atoms with Crippen LogP contribution in [0.2, 0.25) is 4.34 Å². The van der Waals surface area contributed by atoms with Gasteiger partial charge in [-0.25, -0.2) is 0 Å². The Morgan fingerprint density at radius 1 is 1.21 bits per heavy atom. The molecule has 130 valence electrons. The number of nitrogens with one attached hydrogen (secondary N) is 2. The van der Waals surface area contributed by atoms with Crippen LogP contribution in [0.15, 0.2) is 41.4 Å². The summed E-state index contributed by atoms with van der Waals surface area (Å²) in [7, 11) is 0. The number of aliphatic imine (C=N–C) groups is 1. The molecule has 0 aliphatic carbocycles. The molecule has 1 aromatic heterocycles. The topological polar surface area (TPSA) is 56.7 Å². The molecular formula is C18H24ClN3OS. The van der Waals surface area contributed by atoms with Gasteiger partial charge in [0.25, 0.3) is 0 Å². The molecule has 3 N–H and O–H groups in total. The zero-order valence-corrected chi connectivity index (χ0v) is 15.6. The van der Waals surface area contributed by atoms with Gasteiger partial charge in [-0.05, 0) is 38.0 Å². The molecule has 0 radical (unpaired) electrons. The van der Waals surface area contributed by atoms with Crippen molar-refractivity contribution in [3.63, 3.8) is 0 Å². The Bertz CT molecular complexity index is 655. The molecule has 1 heterocycles. The maximum atomic E-state index is 10.2. The fraction of sp³-hybridized carbons (Fsp3) is 0.389. The van der Waals surface area contributed by atoms with Gasteiger partial charge in [0.05, 0.1) is 10.9 Å². The van der Waals surface area contributed by atoms with E-state index in [9.17, 15) is 5.11 Å². The molecule has 0 fully saturated rings. The van der Waals surface area contributed by atoms with Crippen LogP contribution in [0.3, 0.4) is 0 Å². The number of benzene rings is 1. The van der Waals surface area contributed by atoms with E-state index in [1.165, 1.54) is 22.5 Å². The number of aryl methyl sites for hydroxylation is 1. The molecular weight excluding hydrogens is 342 g/mol. The van der Waals surface area contributed by atoms with Crippen molar-refractivity contribution in [3.8, 4) is 0 Å². The monoisotopic (exact) mass is 365 g/mol. The van der Waals surface area contributed by atoms with Crippen LogP contribution >= 0.6 is 22.9 Å². The Morgan fingerprint density at radius 2 is 1.96 bits per heavy atom. The SMILES string of the molecule is CCNC(=NCC(O)c1ccc(Cl)s1)NCCc1ccc(C)cc1. The molecule has 0 saturated heterocycles. The van der Waals surface area contributed by atoms with Gasteiger partial charge in [0.1, 0.15) is 6.10 Å². The van der Waals surface area contributed by atoms with Crippen molar-refractivity contribution in [3.05, 3.63) is 56.7 Å². The van der Waals surface area contributed by atoms with Crippen molar-refractivity contribution < 1.29 is 5.11 Å². The Labute approximate surface area is 152 Å². The van der Waals surface area contributed by atoms with Crippen molar-refractivity contribution in [2.45, 2.75) is 26.4 Å². The summed E-state index contributed by atoms with van der Waals surface area (Å²) < 4.78 is 0.677. The Kier molecular flexibility index (Phi) is 7.56. The van der Waals surface area contributed by atoms with Gasteiger partial charge in [0.2, 0.25) is 0 Å². The van der Waals surface area contributed by atoms with Crippen LogP contribution in [0, 0.1) is 6.92 Å². The first-order valence-corrected chi connectivity index (χ1v) is 9.29. The van der Waals surface area contributed by atoms with Crippen LogP contribution in [0.25, 0.3) is 0 Å². The highest BCUT2D eigenvalue weighted by Crippen LogP contribution is 2.26. The quantitative estimate of drug-likeness (QED) is 0.519. The second-order valence-electron chi connectivity index (χ2n) is 5.54. The number of hydrogen-bond donors (Lipinski definition) is 3. The lowest BCUT2D eigenvalue weighted by atomic mass is 10.1. The summed E-state index contributed by atoms with van der Waals surface area (Å²) in [6, 6.07) is 12.2. The van der Waals surface area contributed by atoms with Crippen molar-refractivity contribution in [2.75, 3.05) is 19.6 Å². The summed E-state index contributed by atoms with van der Waals surface area (Å²) in [5, 5.41) is 16.7. The van der Waals surface area contributed by atoms with Gasteiger partial charge in [-0.2, -0.15) is 0 Å². The van der Waals surface area contributed by atoms with E-state index in [0.717, 1.165) is 24.4 Å². The first kappa shape index (κ1) is 18.8. The molecule has 0 aliphatic heterocycles. The van der Waals surface area contributed by atoms with Crippen molar-refractivity contribution in [1.29, 1.82) is 0 Å². The van der Waals surface area contributed by atoms with Gasteiger partial charge < -0.3 is 15.7 Å². The zero-order chi connectivity index (χ0) is 17.4. The number of guanidine groups is 1. The highest BCUT2D eigenvalue weighted by atomic mass is 35.5. The average Bonchev–Trinajstić information content (AvgIpc) is 3.01. The third-order valence-electron chi connectivity index (χ3n) is 3.52. The number of rotatable bonds is 7. The molecule has 1 unspecified atom stereocenters. The minimum atomic E-state index is -0.630. The van der Waals surface area contributed by atoms with Crippen LogP contribution in [-0.4, -0.2) is 30.7 Å². The molecule has 0 spiro atoms. The molecule has 1 aromatic carbocycles. The zero-order valence-electron chi connectivity index (χ0n) is 14.1. The van der Waals surface area contributed by atoms with Gasteiger partial charge in [0.15, 0.2) is 5.96 Å². The third kappa shape index (κ3) is 6.15. The molecule has 0 aliphatic rings. The minimum Gasteiger partial charge on any atom is -0.386 e. The molecule has 6 heteroatoms. The molecule has 1 atom stereocenters. The summed E-state index contributed by atoms with van der Waals surface area (Å²) >= 11 is 7.28. The smallest absolute Gasteiger partial charge is 0.191 e. The van der Waals surface area contributed by atoms with Gasteiger partial charge in [-0.3, -0.25) is 4.99 Å². The molecule has 24 heavy (non-hydrogen) atoms. The predicted octanol–water partition coefficient (Wildman–Crippen LogP) is 3.54. The van der Waals surface area contributed by atoms with E-state index < -0.39 is 6.10 Å². The second-order valence-corrected chi connectivity index (χ2v) is 7.29. The van der Waals surface area contributed by atoms with E-state index in [4.69, 9.17) is 11.6 Å². The second kappa shape index (κ2) is 9.67. The summed E-state index contributed by atoms with van der Waals surface area (Å²) in [5.41, 5.74) is 2.56. The Morgan fingerprint density at radius 3 is 2.58 bits per heavy atom. The highest BCUT2D eigenvalue weighted by Gasteiger charge is 2.10. The molecule has 0 bridgehead atoms. The summed E-state index contributed by atoms with van der Waals surface area (Å²) in [4.78, 5) is 5.28. The van der Waals surface area contributed by atoms with Gasteiger partial charge in [-0.15, -0.1) is 11.3 Å². The summed E-state index contributed by atoms with van der Waals surface area (Å²) in [6.07, 6.45) is 0.295. The normalized spacial score (nSPS) is 12.9. The Hall–Kier alpha value is -1.56. The molecule has 0 saturated carbocycles. The van der Waals surface area contributed by atoms with E-state index in [-0.39, 0.29) is 0 Å². The van der Waals surface area contributed by atoms with Gasteiger partial charge in [-0.1, -0.05) is 41.4 Å². The molecule has 4 nitrogen and oxygen atoms in total. The molecule has 0 amide bonds. The lowest BCUT2D eigenvalue weighted by molar-refractivity contribution is 0.191. The minimum absolute atomic E-state index is 0.302. The number of nitrogens with zero attached hydrogens (tertiary/aromatic N) is 1. The van der Waals surface area contributed by atoms with E-state index >= 15 is 0 Å². The largest absolute Gasteiger partial charge is 0.386 e. The van der Waals surface area contributed by atoms with Crippen LogP contribution in [-0.2, 0) is 6.42 Å². The van der Waals surface area contributed by atoms with Crippen LogP contribution in [0.4, 0.5) is 0 Å². The number of aliphatic hydroxyl groups is 1.